The van der Waals surface area contributed by atoms with Crippen LogP contribution in [0, 0.1) is 13.8 Å². The third kappa shape index (κ3) is 2.79. The van der Waals surface area contributed by atoms with Gasteiger partial charge in [-0.05, 0) is 52.9 Å². The van der Waals surface area contributed by atoms with Gasteiger partial charge in [-0.15, -0.1) is 0 Å². The first kappa shape index (κ1) is 14.8. The van der Waals surface area contributed by atoms with E-state index in [1.165, 1.54) is 33.0 Å². The van der Waals surface area contributed by atoms with Gasteiger partial charge in [0.1, 0.15) is 0 Å². The summed E-state index contributed by atoms with van der Waals surface area (Å²) in [5.41, 5.74) is 5.19. The smallest absolute Gasteiger partial charge is 0.0653 e. The Morgan fingerprint density at radius 2 is 1.57 bits per heavy atom. The lowest BCUT2D eigenvalue weighted by atomic mass is 9.94. The van der Waals surface area contributed by atoms with Gasteiger partial charge in [0, 0.05) is 4.47 Å². The highest BCUT2D eigenvalue weighted by Gasteiger charge is 2.16. The van der Waals surface area contributed by atoms with E-state index in [0.29, 0.717) is 0 Å². The van der Waals surface area contributed by atoms with Gasteiger partial charge in [0.15, 0.2) is 0 Å². The maximum absolute atomic E-state index is 3.90. The number of benzene rings is 3. The molecule has 0 aliphatic heterocycles. The lowest BCUT2D eigenvalue weighted by Crippen LogP contribution is -1.98. The second-order valence-corrected chi connectivity index (χ2v) is 7.16. The summed E-state index contributed by atoms with van der Waals surface area (Å²) in [6.07, 6.45) is 0. The van der Waals surface area contributed by atoms with E-state index in [9.17, 15) is 0 Å². The second-order valence-electron chi connectivity index (χ2n) is 5.39. The molecular formula is C19H16Br2. The predicted octanol–water partition coefficient (Wildman–Crippen LogP) is 6.70. The standard InChI is InChI=1S/C19H16Br2/c1-12-7-10-15(11-17(12)20)19(21)18-13(2)8-9-14-5-3-4-6-16(14)18/h3-11,19H,1-2H3. The Balaban J connectivity index is 2.19. The molecule has 0 aliphatic carbocycles. The van der Waals surface area contributed by atoms with E-state index in [1.54, 1.807) is 0 Å². The summed E-state index contributed by atoms with van der Waals surface area (Å²) in [5.74, 6) is 0. The Hall–Kier alpha value is -1.12. The van der Waals surface area contributed by atoms with Gasteiger partial charge in [-0.25, -0.2) is 0 Å². The summed E-state index contributed by atoms with van der Waals surface area (Å²) in [4.78, 5) is 0.195. The van der Waals surface area contributed by atoms with Crippen molar-refractivity contribution >= 4 is 42.6 Å². The van der Waals surface area contributed by atoms with E-state index in [0.717, 1.165) is 4.47 Å². The molecule has 0 N–H and O–H groups in total. The lowest BCUT2D eigenvalue weighted by molar-refractivity contribution is 1.15. The molecule has 21 heavy (non-hydrogen) atoms. The first-order valence-corrected chi connectivity index (χ1v) is 8.67. The Kier molecular flexibility index (Phi) is 4.19. The summed E-state index contributed by atoms with van der Waals surface area (Å²) < 4.78 is 1.15. The molecule has 1 unspecified atom stereocenters. The van der Waals surface area contributed by atoms with E-state index in [2.05, 4.69) is 100 Å². The van der Waals surface area contributed by atoms with Gasteiger partial charge in [0.2, 0.25) is 0 Å². The van der Waals surface area contributed by atoms with Gasteiger partial charge in [0.25, 0.3) is 0 Å². The molecule has 0 amide bonds. The molecule has 1 atom stereocenters. The van der Waals surface area contributed by atoms with Crippen molar-refractivity contribution in [3.8, 4) is 0 Å². The number of fused-ring (bicyclic) bond motifs is 1. The highest BCUT2D eigenvalue weighted by molar-refractivity contribution is 9.10. The molecule has 2 heteroatoms. The van der Waals surface area contributed by atoms with Crippen LogP contribution in [0.25, 0.3) is 10.8 Å². The molecule has 0 saturated carbocycles. The van der Waals surface area contributed by atoms with Crippen LogP contribution in [0.4, 0.5) is 0 Å². The number of alkyl halides is 1. The molecule has 0 bridgehead atoms. The van der Waals surface area contributed by atoms with Crippen molar-refractivity contribution in [2.24, 2.45) is 0 Å². The van der Waals surface area contributed by atoms with Gasteiger partial charge in [0.05, 0.1) is 4.83 Å². The lowest BCUT2D eigenvalue weighted by Gasteiger charge is -2.17. The minimum atomic E-state index is 0.195. The van der Waals surface area contributed by atoms with Crippen LogP contribution in [0.2, 0.25) is 0 Å². The summed E-state index contributed by atoms with van der Waals surface area (Å²) in [6.45, 7) is 4.29. The molecule has 0 saturated heterocycles. The third-order valence-electron chi connectivity index (χ3n) is 3.93. The predicted molar refractivity (Wildman–Crippen MR) is 98.3 cm³/mol. The molecule has 0 radical (unpaired) electrons. The van der Waals surface area contributed by atoms with Gasteiger partial charge in [-0.3, -0.25) is 0 Å². The van der Waals surface area contributed by atoms with E-state index in [-0.39, 0.29) is 4.83 Å². The maximum Gasteiger partial charge on any atom is 0.0653 e. The molecule has 0 aromatic heterocycles. The SMILES string of the molecule is Cc1ccc(C(Br)c2c(C)ccc3ccccc23)cc1Br. The number of halogens is 2. The van der Waals surface area contributed by atoms with E-state index >= 15 is 0 Å². The highest BCUT2D eigenvalue weighted by Crippen LogP contribution is 2.38. The van der Waals surface area contributed by atoms with Crippen LogP contribution in [-0.2, 0) is 0 Å². The van der Waals surface area contributed by atoms with Gasteiger partial charge in [-0.1, -0.05) is 80.4 Å². The average molecular weight is 404 g/mol. The van der Waals surface area contributed by atoms with Crippen molar-refractivity contribution in [2.75, 3.05) is 0 Å². The highest BCUT2D eigenvalue weighted by atomic mass is 79.9. The van der Waals surface area contributed by atoms with Crippen molar-refractivity contribution in [1.29, 1.82) is 0 Å². The summed E-state index contributed by atoms with van der Waals surface area (Å²) >= 11 is 7.54. The maximum atomic E-state index is 3.90. The second kappa shape index (κ2) is 5.94. The molecule has 3 aromatic rings. The summed E-state index contributed by atoms with van der Waals surface area (Å²) in [7, 11) is 0. The van der Waals surface area contributed by atoms with E-state index in [4.69, 9.17) is 0 Å². The van der Waals surface area contributed by atoms with Crippen LogP contribution in [0.5, 0.6) is 0 Å². The molecule has 3 rings (SSSR count). The summed E-state index contributed by atoms with van der Waals surface area (Å²) in [5, 5.41) is 2.60. The molecule has 0 nitrogen and oxygen atoms in total. The van der Waals surface area contributed by atoms with Crippen LogP contribution in [0.3, 0.4) is 0 Å². The quantitative estimate of drug-likeness (QED) is 0.417. The molecule has 0 heterocycles. The molecular weight excluding hydrogens is 388 g/mol. The summed E-state index contributed by atoms with van der Waals surface area (Å²) in [6, 6.07) is 19.5. The van der Waals surface area contributed by atoms with Gasteiger partial charge in [-0.2, -0.15) is 0 Å². The van der Waals surface area contributed by atoms with Crippen molar-refractivity contribution in [2.45, 2.75) is 18.7 Å². The molecule has 3 aromatic carbocycles. The van der Waals surface area contributed by atoms with Crippen molar-refractivity contribution in [3.63, 3.8) is 0 Å². The molecule has 0 spiro atoms. The number of rotatable bonds is 2. The number of hydrogen-bond donors (Lipinski definition) is 0. The molecule has 106 valence electrons. The Morgan fingerprint density at radius 3 is 2.33 bits per heavy atom. The van der Waals surface area contributed by atoms with Crippen LogP contribution >= 0.6 is 31.9 Å². The fraction of sp³-hybridized carbons (Fsp3) is 0.158. The molecule has 0 fully saturated rings. The largest absolute Gasteiger partial charge is 0.0786 e. The van der Waals surface area contributed by atoms with Crippen LogP contribution in [0.1, 0.15) is 27.1 Å². The first-order chi connectivity index (χ1) is 10.1. The topological polar surface area (TPSA) is 0 Å². The van der Waals surface area contributed by atoms with Crippen LogP contribution < -0.4 is 0 Å². The van der Waals surface area contributed by atoms with Crippen molar-refractivity contribution < 1.29 is 0 Å². The normalized spacial score (nSPS) is 12.6. The molecule has 0 aliphatic rings. The van der Waals surface area contributed by atoms with Crippen LogP contribution in [-0.4, -0.2) is 0 Å². The first-order valence-electron chi connectivity index (χ1n) is 6.96. The van der Waals surface area contributed by atoms with Gasteiger partial charge < -0.3 is 0 Å². The number of hydrogen-bond acceptors (Lipinski definition) is 0. The van der Waals surface area contributed by atoms with Crippen molar-refractivity contribution in [3.05, 3.63) is 81.3 Å². The Morgan fingerprint density at radius 1 is 0.857 bits per heavy atom. The minimum Gasteiger partial charge on any atom is -0.0786 e. The fourth-order valence-electron chi connectivity index (χ4n) is 2.67. The minimum absolute atomic E-state index is 0.195. The Bertz CT molecular complexity index is 806. The van der Waals surface area contributed by atoms with E-state index < -0.39 is 0 Å². The average Bonchev–Trinajstić information content (AvgIpc) is 2.49. The van der Waals surface area contributed by atoms with E-state index in [1.807, 2.05) is 0 Å². The van der Waals surface area contributed by atoms with Crippen molar-refractivity contribution in [1.82, 2.24) is 0 Å². The Labute approximate surface area is 142 Å². The zero-order valence-corrected chi connectivity index (χ0v) is 15.2. The van der Waals surface area contributed by atoms with Gasteiger partial charge >= 0.3 is 0 Å². The zero-order valence-electron chi connectivity index (χ0n) is 12.0. The third-order valence-corrected chi connectivity index (χ3v) is 5.77. The monoisotopic (exact) mass is 402 g/mol. The fourth-order valence-corrected chi connectivity index (χ4v) is 3.96. The number of aryl methyl sites for hydroxylation is 2. The zero-order chi connectivity index (χ0) is 15.0. The van der Waals surface area contributed by atoms with Crippen LogP contribution in [0.15, 0.2) is 59.1 Å².